The Kier molecular flexibility index (Phi) is 12.6. The highest BCUT2D eigenvalue weighted by atomic mass is 28.1. The molecule has 0 aromatic carbocycles. The first-order valence-corrected chi connectivity index (χ1v) is 9.33. The number of ether oxygens (including phenoxy) is 3. The summed E-state index contributed by atoms with van der Waals surface area (Å²) in [4.78, 5) is 12.0. The fraction of sp³-hybridized carbons (Fsp3) is 0.812. The van der Waals surface area contributed by atoms with Crippen LogP contribution in [0.25, 0.3) is 0 Å². The van der Waals surface area contributed by atoms with Crippen LogP contribution in [0.3, 0.4) is 0 Å². The van der Waals surface area contributed by atoms with Crippen LogP contribution in [0.4, 0.5) is 0 Å². The van der Waals surface area contributed by atoms with Crippen LogP contribution in [-0.4, -0.2) is 35.9 Å². The summed E-state index contributed by atoms with van der Waals surface area (Å²) in [5.41, 5.74) is 1.14. The van der Waals surface area contributed by atoms with Gasteiger partial charge in [0.05, 0.1) is 13.2 Å². The van der Waals surface area contributed by atoms with Crippen molar-refractivity contribution in [2.45, 2.75) is 71.8 Å². The molecule has 0 aliphatic carbocycles. The van der Waals surface area contributed by atoms with Crippen LogP contribution in [0.15, 0.2) is 11.6 Å². The van der Waals surface area contributed by atoms with Gasteiger partial charge in [0.2, 0.25) is 0 Å². The Morgan fingerprint density at radius 1 is 1.10 bits per heavy atom. The lowest BCUT2D eigenvalue weighted by Crippen LogP contribution is -2.26. The standard InChI is InChI=1S/C16H32O4Si/c1-5-8-10-18-16(19-11-9-6-2)20-15(17)13(4)12-14(21)7-3/h12,14,16H,5-11H2,1-4,21H3. The fourth-order valence-electron chi connectivity index (χ4n) is 1.56. The van der Waals surface area contributed by atoms with Gasteiger partial charge in [0.25, 0.3) is 0 Å². The molecule has 0 rings (SSSR count). The third kappa shape index (κ3) is 10.7. The van der Waals surface area contributed by atoms with Gasteiger partial charge in [0, 0.05) is 15.8 Å². The molecule has 0 saturated heterocycles. The van der Waals surface area contributed by atoms with Crippen molar-refractivity contribution < 1.29 is 19.0 Å². The highest BCUT2D eigenvalue weighted by Gasteiger charge is 2.17. The molecule has 0 spiro atoms. The Bertz CT molecular complexity index is 295. The van der Waals surface area contributed by atoms with Crippen molar-refractivity contribution in [1.82, 2.24) is 0 Å². The van der Waals surface area contributed by atoms with Crippen LogP contribution in [-0.2, 0) is 19.0 Å². The molecule has 0 bridgehead atoms. The normalized spacial score (nSPS) is 13.7. The Hall–Kier alpha value is -0.653. The molecule has 0 aliphatic heterocycles. The van der Waals surface area contributed by atoms with Gasteiger partial charge in [0.1, 0.15) is 0 Å². The third-order valence-electron chi connectivity index (χ3n) is 3.21. The van der Waals surface area contributed by atoms with E-state index in [0.717, 1.165) is 42.3 Å². The number of allylic oxidation sites excluding steroid dienone is 1. The van der Waals surface area contributed by atoms with Crippen LogP contribution >= 0.6 is 0 Å². The van der Waals surface area contributed by atoms with E-state index >= 15 is 0 Å². The van der Waals surface area contributed by atoms with Crippen LogP contribution < -0.4 is 0 Å². The minimum atomic E-state index is -0.881. The van der Waals surface area contributed by atoms with Gasteiger partial charge < -0.3 is 14.2 Å². The van der Waals surface area contributed by atoms with Gasteiger partial charge in [-0.25, -0.2) is 4.79 Å². The van der Waals surface area contributed by atoms with Gasteiger partial charge in [-0.3, -0.25) is 0 Å². The number of rotatable bonds is 12. The first-order chi connectivity index (χ1) is 10.0. The summed E-state index contributed by atoms with van der Waals surface area (Å²) in [6.45, 7) is 8.29. The second-order valence-corrected chi connectivity index (χ2v) is 6.86. The minimum absolute atomic E-state index is 0.345. The molecule has 5 heteroatoms. The third-order valence-corrected chi connectivity index (χ3v) is 4.36. The van der Waals surface area contributed by atoms with Crippen molar-refractivity contribution in [3.05, 3.63) is 11.6 Å². The van der Waals surface area contributed by atoms with Gasteiger partial charge in [-0.2, -0.15) is 0 Å². The monoisotopic (exact) mass is 316 g/mol. The van der Waals surface area contributed by atoms with Gasteiger partial charge >= 0.3 is 12.4 Å². The van der Waals surface area contributed by atoms with Crippen molar-refractivity contribution in [3.8, 4) is 0 Å². The van der Waals surface area contributed by atoms with E-state index in [0.29, 0.717) is 24.3 Å². The second-order valence-electron chi connectivity index (χ2n) is 5.38. The lowest BCUT2D eigenvalue weighted by molar-refractivity contribution is -0.274. The van der Waals surface area contributed by atoms with Crippen LogP contribution in [0, 0.1) is 0 Å². The molecule has 124 valence electrons. The zero-order valence-corrected chi connectivity index (χ0v) is 16.3. The molecule has 0 amide bonds. The number of hydrogen-bond acceptors (Lipinski definition) is 4. The quantitative estimate of drug-likeness (QED) is 0.183. The second kappa shape index (κ2) is 13.0. The molecule has 4 nitrogen and oxygen atoms in total. The predicted molar refractivity (Wildman–Crippen MR) is 89.3 cm³/mol. The zero-order chi connectivity index (χ0) is 16.1. The Morgan fingerprint density at radius 3 is 2.05 bits per heavy atom. The van der Waals surface area contributed by atoms with Crippen molar-refractivity contribution >= 4 is 16.2 Å². The van der Waals surface area contributed by atoms with Crippen molar-refractivity contribution in [3.63, 3.8) is 0 Å². The maximum Gasteiger partial charge on any atom is 0.337 e. The molecule has 0 fully saturated rings. The topological polar surface area (TPSA) is 44.8 Å². The van der Waals surface area contributed by atoms with Crippen LogP contribution in [0.2, 0.25) is 5.54 Å². The molecule has 21 heavy (non-hydrogen) atoms. The van der Waals surface area contributed by atoms with E-state index < -0.39 is 6.48 Å². The largest absolute Gasteiger partial charge is 0.407 e. The smallest absolute Gasteiger partial charge is 0.337 e. The average molecular weight is 317 g/mol. The number of carbonyl (C=O) groups is 1. The van der Waals surface area contributed by atoms with E-state index in [9.17, 15) is 4.79 Å². The molecule has 0 aromatic heterocycles. The number of hydrogen-bond donors (Lipinski definition) is 0. The molecular formula is C16H32O4Si. The number of carbonyl (C=O) groups excluding carboxylic acids is 1. The van der Waals surface area contributed by atoms with Gasteiger partial charge in [-0.05, 0) is 25.3 Å². The van der Waals surface area contributed by atoms with E-state index in [2.05, 4.69) is 20.8 Å². The summed E-state index contributed by atoms with van der Waals surface area (Å²) in [7, 11) is 1.04. The number of unbranched alkanes of at least 4 members (excludes halogenated alkanes) is 2. The summed E-state index contributed by atoms with van der Waals surface area (Å²) in [6, 6.07) is 0. The molecule has 1 unspecified atom stereocenters. The summed E-state index contributed by atoms with van der Waals surface area (Å²) < 4.78 is 16.3. The average Bonchev–Trinajstić information content (AvgIpc) is 2.47. The number of esters is 1. The summed E-state index contributed by atoms with van der Waals surface area (Å²) in [5.74, 6) is -0.345. The Balaban J connectivity index is 4.40. The summed E-state index contributed by atoms with van der Waals surface area (Å²) in [6.07, 6.45) is 6.97. The maximum atomic E-state index is 12.0. The van der Waals surface area contributed by atoms with Gasteiger partial charge in [-0.1, -0.05) is 46.1 Å². The molecule has 0 saturated carbocycles. The lowest BCUT2D eigenvalue weighted by Gasteiger charge is -2.19. The van der Waals surface area contributed by atoms with E-state index in [1.165, 1.54) is 0 Å². The molecule has 0 radical (unpaired) electrons. The zero-order valence-electron chi connectivity index (χ0n) is 14.3. The van der Waals surface area contributed by atoms with E-state index in [-0.39, 0.29) is 5.97 Å². The predicted octanol–water partition coefficient (Wildman–Crippen LogP) is 2.96. The highest BCUT2D eigenvalue weighted by molar-refractivity contribution is 6.13. The van der Waals surface area contributed by atoms with Gasteiger partial charge in [0.15, 0.2) is 0 Å². The fourth-order valence-corrected chi connectivity index (χ4v) is 2.06. The molecule has 0 aliphatic rings. The lowest BCUT2D eigenvalue weighted by atomic mass is 10.2. The Morgan fingerprint density at radius 2 is 1.62 bits per heavy atom. The van der Waals surface area contributed by atoms with E-state index in [4.69, 9.17) is 14.2 Å². The van der Waals surface area contributed by atoms with Crippen molar-refractivity contribution in [2.24, 2.45) is 0 Å². The van der Waals surface area contributed by atoms with E-state index in [1.807, 2.05) is 6.08 Å². The molecule has 0 N–H and O–H groups in total. The summed E-state index contributed by atoms with van der Waals surface area (Å²) >= 11 is 0. The minimum Gasteiger partial charge on any atom is -0.407 e. The SMILES string of the molecule is CCCCOC(OCCCC)OC(=O)C(C)=CC([SiH3])CC. The molecule has 0 aromatic rings. The van der Waals surface area contributed by atoms with E-state index in [1.54, 1.807) is 6.92 Å². The summed E-state index contributed by atoms with van der Waals surface area (Å²) in [5, 5.41) is 0. The van der Waals surface area contributed by atoms with Crippen molar-refractivity contribution in [1.29, 1.82) is 0 Å². The highest BCUT2D eigenvalue weighted by Crippen LogP contribution is 2.12. The van der Waals surface area contributed by atoms with Crippen LogP contribution in [0.1, 0.15) is 59.8 Å². The van der Waals surface area contributed by atoms with Gasteiger partial charge in [-0.15, -0.1) is 0 Å². The first kappa shape index (κ1) is 20.3. The van der Waals surface area contributed by atoms with Crippen LogP contribution in [0.5, 0.6) is 0 Å². The molecular weight excluding hydrogens is 284 g/mol. The Labute approximate surface area is 132 Å². The first-order valence-electron chi connectivity index (χ1n) is 8.17. The molecule has 0 heterocycles. The maximum absolute atomic E-state index is 12.0. The van der Waals surface area contributed by atoms with Crippen molar-refractivity contribution in [2.75, 3.05) is 13.2 Å². The molecule has 1 atom stereocenters.